The molecule has 0 heterocycles. The molecule has 0 spiro atoms. The van der Waals surface area contributed by atoms with Crippen molar-refractivity contribution < 1.29 is 0 Å². The van der Waals surface area contributed by atoms with Gasteiger partial charge in [-0.05, 0) is 13.3 Å². The first-order chi connectivity index (χ1) is 4.31. The highest BCUT2D eigenvalue weighted by Gasteiger charge is 1.80. The molecule has 9 heavy (non-hydrogen) atoms. The monoisotopic (exact) mass is 125 g/mol. The van der Waals surface area contributed by atoms with Gasteiger partial charge < -0.3 is 0 Å². The van der Waals surface area contributed by atoms with Crippen LogP contribution in [0.15, 0.2) is 17.1 Å². The van der Waals surface area contributed by atoms with Crippen molar-refractivity contribution in [3.63, 3.8) is 0 Å². The van der Waals surface area contributed by atoms with E-state index in [-0.39, 0.29) is 0 Å². The molecule has 0 atom stereocenters. The molecule has 0 aromatic rings. The first-order valence-corrected chi connectivity index (χ1v) is 3.38. The maximum Gasteiger partial charge on any atom is 0.0276 e. The van der Waals surface area contributed by atoms with Crippen LogP contribution in [-0.4, -0.2) is 12.8 Å². The van der Waals surface area contributed by atoms with Crippen molar-refractivity contribution in [1.82, 2.24) is 0 Å². The van der Waals surface area contributed by atoms with Crippen LogP contribution in [-0.2, 0) is 0 Å². The zero-order valence-electron chi connectivity index (χ0n) is 6.52. The molecule has 0 aromatic carbocycles. The molecule has 0 saturated heterocycles. The van der Waals surface area contributed by atoms with Crippen molar-refractivity contribution in [1.29, 1.82) is 0 Å². The topological polar surface area (TPSA) is 12.4 Å². The van der Waals surface area contributed by atoms with Gasteiger partial charge in [-0.3, -0.25) is 4.99 Å². The minimum atomic E-state index is 1.00. The molecular formula is C8H15N. The molecule has 0 aromatic heterocycles. The van der Waals surface area contributed by atoms with Gasteiger partial charge in [-0.25, -0.2) is 0 Å². The Balaban J connectivity index is 3.38. The third-order valence-electron chi connectivity index (χ3n) is 1.20. The van der Waals surface area contributed by atoms with E-state index >= 15 is 0 Å². The minimum absolute atomic E-state index is 1.00. The SMILES string of the molecule is CC/C=C\CC(C)=NC. The molecular weight excluding hydrogens is 110 g/mol. The summed E-state index contributed by atoms with van der Waals surface area (Å²) in [6.45, 7) is 4.18. The third-order valence-corrected chi connectivity index (χ3v) is 1.20. The number of aliphatic imine (C=N–C) groups is 1. The summed E-state index contributed by atoms with van der Waals surface area (Å²) >= 11 is 0. The zero-order valence-corrected chi connectivity index (χ0v) is 6.52. The molecule has 0 amide bonds. The van der Waals surface area contributed by atoms with Crippen molar-refractivity contribution in [2.24, 2.45) is 4.99 Å². The van der Waals surface area contributed by atoms with E-state index in [1.165, 1.54) is 5.71 Å². The van der Waals surface area contributed by atoms with E-state index in [0.29, 0.717) is 0 Å². The van der Waals surface area contributed by atoms with E-state index in [1.54, 1.807) is 0 Å². The Morgan fingerprint density at radius 2 is 2.11 bits per heavy atom. The lowest BCUT2D eigenvalue weighted by molar-refractivity contribution is 1.20. The van der Waals surface area contributed by atoms with Crippen LogP contribution in [0.2, 0.25) is 0 Å². The summed E-state index contributed by atoms with van der Waals surface area (Å²) < 4.78 is 0. The Morgan fingerprint density at radius 3 is 2.56 bits per heavy atom. The van der Waals surface area contributed by atoms with Crippen molar-refractivity contribution >= 4 is 5.71 Å². The summed E-state index contributed by atoms with van der Waals surface area (Å²) in [5.74, 6) is 0. The minimum Gasteiger partial charge on any atom is -0.297 e. The fraction of sp³-hybridized carbons (Fsp3) is 0.625. The van der Waals surface area contributed by atoms with E-state index in [0.717, 1.165) is 12.8 Å². The van der Waals surface area contributed by atoms with Gasteiger partial charge in [-0.1, -0.05) is 19.1 Å². The maximum atomic E-state index is 4.03. The summed E-state index contributed by atoms with van der Waals surface area (Å²) in [4.78, 5) is 4.03. The Bertz CT molecular complexity index is 112. The predicted octanol–water partition coefficient (Wildman–Crippen LogP) is 2.43. The van der Waals surface area contributed by atoms with Crippen LogP contribution >= 0.6 is 0 Å². The van der Waals surface area contributed by atoms with Gasteiger partial charge in [0.1, 0.15) is 0 Å². The summed E-state index contributed by atoms with van der Waals surface area (Å²) in [6.07, 6.45) is 6.44. The molecule has 0 bridgehead atoms. The first kappa shape index (κ1) is 8.41. The lowest BCUT2D eigenvalue weighted by atomic mass is 10.2. The van der Waals surface area contributed by atoms with Crippen molar-refractivity contribution in [3.05, 3.63) is 12.2 Å². The Kier molecular flexibility index (Phi) is 5.18. The molecule has 1 nitrogen and oxygen atoms in total. The summed E-state index contributed by atoms with van der Waals surface area (Å²) in [5.41, 5.74) is 1.19. The second kappa shape index (κ2) is 5.54. The molecule has 0 rings (SSSR count). The quantitative estimate of drug-likeness (QED) is 0.406. The van der Waals surface area contributed by atoms with Crippen LogP contribution in [0.1, 0.15) is 26.7 Å². The molecule has 1 heteroatoms. The van der Waals surface area contributed by atoms with Crippen LogP contribution in [0.5, 0.6) is 0 Å². The average molecular weight is 125 g/mol. The Hall–Kier alpha value is -0.590. The molecule has 0 fully saturated rings. The Morgan fingerprint density at radius 1 is 1.44 bits per heavy atom. The first-order valence-electron chi connectivity index (χ1n) is 3.38. The van der Waals surface area contributed by atoms with Gasteiger partial charge in [0, 0.05) is 19.2 Å². The summed E-state index contributed by atoms with van der Waals surface area (Å²) in [5, 5.41) is 0. The number of nitrogens with zero attached hydrogens (tertiary/aromatic N) is 1. The summed E-state index contributed by atoms with van der Waals surface area (Å²) in [7, 11) is 1.83. The number of hydrogen-bond acceptors (Lipinski definition) is 1. The third kappa shape index (κ3) is 5.28. The van der Waals surface area contributed by atoms with E-state index in [9.17, 15) is 0 Å². The van der Waals surface area contributed by atoms with E-state index in [4.69, 9.17) is 0 Å². The molecule has 0 aliphatic carbocycles. The largest absolute Gasteiger partial charge is 0.297 e. The number of rotatable bonds is 3. The van der Waals surface area contributed by atoms with Gasteiger partial charge in [-0.2, -0.15) is 0 Å². The molecule has 0 N–H and O–H groups in total. The molecule has 0 aliphatic rings. The lowest BCUT2D eigenvalue weighted by Gasteiger charge is -1.88. The maximum absolute atomic E-state index is 4.03. The second-order valence-electron chi connectivity index (χ2n) is 2.04. The van der Waals surface area contributed by atoms with Crippen molar-refractivity contribution in [2.45, 2.75) is 26.7 Å². The predicted molar refractivity (Wildman–Crippen MR) is 43.1 cm³/mol. The van der Waals surface area contributed by atoms with Gasteiger partial charge in [-0.15, -0.1) is 0 Å². The van der Waals surface area contributed by atoms with Crippen LogP contribution in [0.4, 0.5) is 0 Å². The fourth-order valence-electron chi connectivity index (χ4n) is 0.512. The van der Waals surface area contributed by atoms with Crippen LogP contribution in [0.3, 0.4) is 0 Å². The van der Waals surface area contributed by atoms with Crippen molar-refractivity contribution in [3.8, 4) is 0 Å². The smallest absolute Gasteiger partial charge is 0.0276 e. The molecule has 0 radical (unpaired) electrons. The van der Waals surface area contributed by atoms with E-state index < -0.39 is 0 Å². The molecule has 52 valence electrons. The van der Waals surface area contributed by atoms with E-state index in [1.807, 2.05) is 14.0 Å². The standard InChI is InChI=1S/C8H15N/c1-4-5-6-7-8(2)9-3/h5-6H,4,7H2,1-3H3/b6-5-,9-8?. The number of hydrogen-bond donors (Lipinski definition) is 0. The highest BCUT2D eigenvalue weighted by atomic mass is 14.7. The zero-order chi connectivity index (χ0) is 7.11. The van der Waals surface area contributed by atoms with Gasteiger partial charge in [0.05, 0.1) is 0 Å². The second-order valence-corrected chi connectivity index (χ2v) is 2.04. The van der Waals surface area contributed by atoms with Crippen LogP contribution in [0.25, 0.3) is 0 Å². The van der Waals surface area contributed by atoms with E-state index in [2.05, 4.69) is 24.1 Å². The normalized spacial score (nSPS) is 13.0. The summed E-state index contributed by atoms with van der Waals surface area (Å²) in [6, 6.07) is 0. The lowest BCUT2D eigenvalue weighted by Crippen LogP contribution is -1.85. The van der Waals surface area contributed by atoms with Gasteiger partial charge in [0.25, 0.3) is 0 Å². The molecule has 0 unspecified atom stereocenters. The Labute approximate surface area is 57.5 Å². The molecule has 0 aliphatic heterocycles. The molecule has 0 saturated carbocycles. The average Bonchev–Trinajstić information content (AvgIpc) is 1.89. The fourth-order valence-corrected chi connectivity index (χ4v) is 0.512. The number of allylic oxidation sites excluding steroid dienone is 2. The van der Waals surface area contributed by atoms with Gasteiger partial charge in [0.2, 0.25) is 0 Å². The van der Waals surface area contributed by atoms with Crippen LogP contribution in [0, 0.1) is 0 Å². The highest BCUT2D eigenvalue weighted by molar-refractivity contribution is 5.83. The highest BCUT2D eigenvalue weighted by Crippen LogP contribution is 1.88. The van der Waals surface area contributed by atoms with Gasteiger partial charge >= 0.3 is 0 Å². The van der Waals surface area contributed by atoms with Crippen molar-refractivity contribution in [2.75, 3.05) is 7.05 Å². The van der Waals surface area contributed by atoms with Gasteiger partial charge in [0.15, 0.2) is 0 Å². The van der Waals surface area contributed by atoms with Crippen LogP contribution < -0.4 is 0 Å².